The third-order valence-electron chi connectivity index (χ3n) is 7.70. The summed E-state index contributed by atoms with van der Waals surface area (Å²) in [5, 5.41) is 9.38. The molecule has 2 aliphatic carbocycles. The van der Waals surface area contributed by atoms with Crippen LogP contribution in [0.1, 0.15) is 44.6 Å². The Kier molecular flexibility index (Phi) is 4.93. The number of nitrogens with zero attached hydrogens (tertiary/aromatic N) is 5. The molecule has 1 aromatic carbocycles. The molecule has 2 heterocycles. The third-order valence-corrected chi connectivity index (χ3v) is 7.70. The summed E-state index contributed by atoms with van der Waals surface area (Å²) in [6, 6.07) is 6.01. The Labute approximate surface area is 186 Å². The van der Waals surface area contributed by atoms with E-state index in [0.29, 0.717) is 33.7 Å². The summed E-state index contributed by atoms with van der Waals surface area (Å²) in [6.45, 7) is 2.58. The van der Waals surface area contributed by atoms with E-state index < -0.39 is 11.2 Å². The first-order valence-corrected chi connectivity index (χ1v) is 11.4. The molecule has 32 heavy (non-hydrogen) atoms. The lowest BCUT2D eigenvalue weighted by molar-refractivity contribution is 0.164. The van der Waals surface area contributed by atoms with Crippen LogP contribution < -0.4 is 26.7 Å². The Bertz CT molecular complexity index is 1220. The topological polar surface area (TPSA) is 110 Å². The summed E-state index contributed by atoms with van der Waals surface area (Å²) in [5.74, 6) is 6.88. The summed E-state index contributed by atoms with van der Waals surface area (Å²) in [6.07, 6.45) is 5.73. The normalized spacial score (nSPS) is 21.8. The van der Waals surface area contributed by atoms with E-state index in [4.69, 9.17) is 15.8 Å². The molecule has 1 aromatic heterocycles. The summed E-state index contributed by atoms with van der Waals surface area (Å²) in [4.78, 5) is 30.3. The zero-order chi connectivity index (χ0) is 22.6. The second-order valence-electron chi connectivity index (χ2n) is 9.44. The lowest BCUT2D eigenvalue weighted by Gasteiger charge is -2.33. The van der Waals surface area contributed by atoms with Gasteiger partial charge in [0.05, 0.1) is 24.3 Å². The number of rotatable bonds is 7. The zero-order valence-corrected chi connectivity index (χ0v) is 18.7. The van der Waals surface area contributed by atoms with E-state index in [1.54, 1.807) is 17.7 Å². The first kappa shape index (κ1) is 20.9. The number of nitrogen functional groups attached to an aromatic ring is 1. The average molecular weight is 439 g/mol. The SMILES string of the molecule is COc1c(N2CCC(C3(N(C)CCC#N)CC3)C2)ccc2c(=O)n(N)c(=O)n(C3CC3)c12. The summed E-state index contributed by atoms with van der Waals surface area (Å²) in [7, 11) is 3.73. The Hall–Kier alpha value is -2.99. The van der Waals surface area contributed by atoms with Gasteiger partial charge in [0.25, 0.3) is 5.56 Å². The number of ether oxygens (including phenoxy) is 1. The molecule has 5 rings (SSSR count). The van der Waals surface area contributed by atoms with E-state index in [1.807, 2.05) is 6.07 Å². The molecule has 2 N–H and O–H groups in total. The van der Waals surface area contributed by atoms with E-state index in [0.717, 1.165) is 44.6 Å². The van der Waals surface area contributed by atoms with E-state index in [1.165, 1.54) is 12.8 Å². The van der Waals surface area contributed by atoms with Crippen LogP contribution in [0.4, 0.5) is 5.69 Å². The van der Waals surface area contributed by atoms with Crippen molar-refractivity contribution in [3.05, 3.63) is 33.0 Å². The zero-order valence-electron chi connectivity index (χ0n) is 18.7. The lowest BCUT2D eigenvalue weighted by atomic mass is 9.94. The van der Waals surface area contributed by atoms with Crippen LogP contribution in [0, 0.1) is 17.2 Å². The van der Waals surface area contributed by atoms with Gasteiger partial charge in [0.1, 0.15) is 5.52 Å². The third kappa shape index (κ3) is 3.08. The summed E-state index contributed by atoms with van der Waals surface area (Å²) < 4.78 is 8.19. The minimum atomic E-state index is -0.498. The largest absolute Gasteiger partial charge is 0.492 e. The smallest absolute Gasteiger partial charge is 0.350 e. The molecule has 1 unspecified atom stereocenters. The molecule has 1 aliphatic heterocycles. The van der Waals surface area contributed by atoms with Crippen LogP contribution in [0.3, 0.4) is 0 Å². The average Bonchev–Trinajstić information content (AvgIpc) is 3.74. The van der Waals surface area contributed by atoms with Gasteiger partial charge in [0.2, 0.25) is 0 Å². The Balaban J connectivity index is 1.53. The number of nitrogens with two attached hydrogens (primary N) is 1. The molecule has 9 heteroatoms. The molecule has 2 saturated carbocycles. The molecule has 9 nitrogen and oxygen atoms in total. The molecule has 3 fully saturated rings. The van der Waals surface area contributed by atoms with Gasteiger partial charge >= 0.3 is 5.69 Å². The lowest BCUT2D eigenvalue weighted by Crippen LogP contribution is -2.44. The van der Waals surface area contributed by atoms with E-state index in [2.05, 4.69) is 22.9 Å². The predicted octanol–water partition coefficient (Wildman–Crippen LogP) is 1.42. The number of aromatic nitrogens is 2. The molecule has 170 valence electrons. The van der Waals surface area contributed by atoms with Crippen LogP contribution in [-0.2, 0) is 0 Å². The first-order chi connectivity index (χ1) is 15.4. The highest BCUT2D eigenvalue weighted by Crippen LogP contribution is 2.51. The molecule has 0 amide bonds. The van der Waals surface area contributed by atoms with Crippen molar-refractivity contribution in [1.82, 2.24) is 14.1 Å². The Morgan fingerprint density at radius 3 is 2.66 bits per heavy atom. The molecule has 2 aromatic rings. The molecule has 3 aliphatic rings. The van der Waals surface area contributed by atoms with Crippen molar-refractivity contribution < 1.29 is 4.74 Å². The minimum absolute atomic E-state index is 0.0550. The van der Waals surface area contributed by atoms with Crippen LogP contribution in [0.25, 0.3) is 10.9 Å². The van der Waals surface area contributed by atoms with Gasteiger partial charge in [0.15, 0.2) is 5.75 Å². The van der Waals surface area contributed by atoms with Crippen molar-refractivity contribution in [3.8, 4) is 11.8 Å². The number of nitriles is 1. The number of fused-ring (bicyclic) bond motifs is 1. The number of hydrogen-bond acceptors (Lipinski definition) is 7. The molecule has 0 radical (unpaired) electrons. The maximum absolute atomic E-state index is 12.8. The van der Waals surface area contributed by atoms with E-state index in [9.17, 15) is 9.59 Å². The number of hydrogen-bond donors (Lipinski definition) is 1. The van der Waals surface area contributed by atoms with Crippen molar-refractivity contribution in [2.45, 2.75) is 50.1 Å². The quantitative estimate of drug-likeness (QED) is 0.651. The van der Waals surface area contributed by atoms with Gasteiger partial charge in [-0.2, -0.15) is 9.94 Å². The van der Waals surface area contributed by atoms with Crippen LogP contribution in [0.5, 0.6) is 5.75 Å². The Morgan fingerprint density at radius 1 is 1.28 bits per heavy atom. The van der Waals surface area contributed by atoms with Crippen molar-refractivity contribution in [2.75, 3.05) is 44.5 Å². The van der Waals surface area contributed by atoms with Crippen LogP contribution in [0.2, 0.25) is 0 Å². The van der Waals surface area contributed by atoms with Crippen molar-refractivity contribution in [2.24, 2.45) is 5.92 Å². The monoisotopic (exact) mass is 438 g/mol. The molecular weight excluding hydrogens is 408 g/mol. The van der Waals surface area contributed by atoms with Crippen LogP contribution in [0.15, 0.2) is 21.7 Å². The van der Waals surface area contributed by atoms with Crippen molar-refractivity contribution >= 4 is 16.6 Å². The van der Waals surface area contributed by atoms with Gasteiger partial charge < -0.3 is 15.5 Å². The molecule has 0 spiro atoms. The number of anilines is 1. The number of methoxy groups -OCH3 is 1. The fraction of sp³-hybridized carbons (Fsp3) is 0.609. The van der Waals surface area contributed by atoms with E-state index in [-0.39, 0.29) is 11.6 Å². The van der Waals surface area contributed by atoms with Crippen molar-refractivity contribution in [3.63, 3.8) is 0 Å². The highest BCUT2D eigenvalue weighted by atomic mass is 16.5. The summed E-state index contributed by atoms with van der Waals surface area (Å²) in [5.41, 5.74) is 0.665. The van der Waals surface area contributed by atoms with Gasteiger partial charge in [-0.05, 0) is 57.2 Å². The van der Waals surface area contributed by atoms with Gasteiger partial charge in [-0.1, -0.05) is 0 Å². The predicted molar refractivity (Wildman–Crippen MR) is 123 cm³/mol. The van der Waals surface area contributed by atoms with Crippen LogP contribution in [-0.4, -0.2) is 53.5 Å². The standard InChI is InChI=1S/C23H30N6O3/c1-26(12-3-11-24)23(9-10-23)15-8-13-27(14-15)18-7-6-17-19(20(18)32-2)28(16-4-5-16)22(31)29(25)21(17)30/h6-7,15-16H,3-5,8-10,12-14,25H2,1-2H3. The molecule has 1 atom stereocenters. The van der Waals surface area contributed by atoms with Gasteiger partial charge in [-0.15, -0.1) is 0 Å². The second-order valence-corrected chi connectivity index (χ2v) is 9.44. The second kappa shape index (κ2) is 7.55. The maximum atomic E-state index is 12.8. The van der Waals surface area contributed by atoms with Crippen molar-refractivity contribution in [1.29, 1.82) is 5.26 Å². The van der Waals surface area contributed by atoms with Gasteiger partial charge in [-0.3, -0.25) is 14.3 Å². The van der Waals surface area contributed by atoms with Gasteiger partial charge in [0, 0.05) is 37.6 Å². The van der Waals surface area contributed by atoms with Gasteiger partial charge in [-0.25, -0.2) is 4.79 Å². The highest BCUT2D eigenvalue weighted by molar-refractivity contribution is 5.90. The van der Waals surface area contributed by atoms with E-state index >= 15 is 0 Å². The highest BCUT2D eigenvalue weighted by Gasteiger charge is 2.53. The minimum Gasteiger partial charge on any atom is -0.492 e. The molecule has 0 bridgehead atoms. The Morgan fingerprint density at radius 2 is 2.03 bits per heavy atom. The fourth-order valence-corrected chi connectivity index (χ4v) is 5.61. The number of benzene rings is 1. The first-order valence-electron chi connectivity index (χ1n) is 11.4. The molecule has 1 saturated heterocycles. The molecular formula is C23H30N6O3. The maximum Gasteiger partial charge on any atom is 0.350 e. The van der Waals surface area contributed by atoms with Crippen LogP contribution >= 0.6 is 0 Å². The summed E-state index contributed by atoms with van der Waals surface area (Å²) >= 11 is 0. The fourth-order valence-electron chi connectivity index (χ4n) is 5.61.